The van der Waals surface area contributed by atoms with Crippen LogP contribution in [-0.4, -0.2) is 29.4 Å². The summed E-state index contributed by atoms with van der Waals surface area (Å²) in [5, 5.41) is 0. The van der Waals surface area contributed by atoms with E-state index in [0.29, 0.717) is 29.5 Å². The number of amides is 2. The van der Waals surface area contributed by atoms with Crippen molar-refractivity contribution in [3.05, 3.63) is 71.0 Å². The van der Waals surface area contributed by atoms with Gasteiger partial charge in [0.05, 0.1) is 16.5 Å². The van der Waals surface area contributed by atoms with Crippen LogP contribution in [0.3, 0.4) is 0 Å². The van der Waals surface area contributed by atoms with Crippen molar-refractivity contribution >= 4 is 17.8 Å². The molecule has 0 spiro atoms. The second kappa shape index (κ2) is 6.61. The van der Waals surface area contributed by atoms with Gasteiger partial charge in [-0.15, -0.1) is 0 Å². The number of halogens is 1. The number of ether oxygens (including phenoxy) is 1. The van der Waals surface area contributed by atoms with Crippen LogP contribution >= 0.6 is 0 Å². The van der Waals surface area contributed by atoms with Gasteiger partial charge in [-0.25, -0.2) is 9.29 Å². The van der Waals surface area contributed by atoms with Crippen LogP contribution in [0.1, 0.15) is 52.0 Å². The fraction of sp³-hybridized carbons (Fsp3) is 0.286. The zero-order valence-corrected chi connectivity index (χ0v) is 14.6. The molecule has 1 heterocycles. The number of hydrogen-bond donors (Lipinski definition) is 0. The lowest BCUT2D eigenvalue weighted by atomic mass is 9.79. The molecule has 6 heteroatoms. The van der Waals surface area contributed by atoms with Crippen molar-refractivity contribution in [3.63, 3.8) is 0 Å². The summed E-state index contributed by atoms with van der Waals surface area (Å²) in [4.78, 5) is 38.7. The number of fused-ring (bicyclic) bond motifs is 1. The van der Waals surface area contributed by atoms with Gasteiger partial charge in [0, 0.05) is 0 Å². The molecule has 138 valence electrons. The van der Waals surface area contributed by atoms with E-state index in [4.69, 9.17) is 4.74 Å². The number of imide groups is 1. The van der Waals surface area contributed by atoms with Crippen molar-refractivity contribution in [1.82, 2.24) is 4.90 Å². The third-order valence-corrected chi connectivity index (χ3v) is 5.45. The Morgan fingerprint density at radius 2 is 1.52 bits per heavy atom. The van der Waals surface area contributed by atoms with Crippen LogP contribution in [0.25, 0.3) is 0 Å². The highest BCUT2D eigenvalue weighted by molar-refractivity contribution is 6.21. The summed E-state index contributed by atoms with van der Waals surface area (Å²) < 4.78 is 18.7. The van der Waals surface area contributed by atoms with Crippen LogP contribution in [0.2, 0.25) is 0 Å². The normalized spacial score (nSPS) is 17.9. The molecule has 0 radical (unpaired) electrons. The molecule has 1 aliphatic carbocycles. The summed E-state index contributed by atoms with van der Waals surface area (Å²) in [6.45, 7) is -0.422. The van der Waals surface area contributed by atoms with E-state index in [-0.39, 0.29) is 5.82 Å². The lowest BCUT2D eigenvalue weighted by Gasteiger charge is -2.28. The van der Waals surface area contributed by atoms with Gasteiger partial charge in [0.2, 0.25) is 0 Å². The number of carbonyl (C=O) groups is 3. The van der Waals surface area contributed by atoms with E-state index in [1.54, 1.807) is 36.4 Å². The number of nitrogens with zero attached hydrogens (tertiary/aromatic N) is 1. The molecule has 5 nitrogen and oxygen atoms in total. The van der Waals surface area contributed by atoms with Crippen LogP contribution in [0.5, 0.6) is 0 Å². The fourth-order valence-corrected chi connectivity index (χ4v) is 3.98. The average Bonchev–Trinajstić information content (AvgIpc) is 3.27. The molecule has 0 unspecified atom stereocenters. The molecule has 0 bridgehead atoms. The standard InChI is InChI=1S/C21H18FNO4/c22-15-9-7-14(8-10-15)21(11-3-4-12-21)20(26)27-13-23-18(24)16-5-1-2-6-17(16)19(23)25/h1-2,5-10H,3-4,11-13H2. The largest absolute Gasteiger partial charge is 0.443 e. The Bertz CT molecular complexity index is 881. The Labute approximate surface area is 155 Å². The first-order valence-electron chi connectivity index (χ1n) is 8.91. The number of rotatable bonds is 4. The van der Waals surface area contributed by atoms with Gasteiger partial charge in [0.15, 0.2) is 6.73 Å². The second-order valence-corrected chi connectivity index (χ2v) is 6.94. The minimum absolute atomic E-state index is 0.313. The molecule has 1 saturated carbocycles. The van der Waals surface area contributed by atoms with Crippen LogP contribution < -0.4 is 0 Å². The summed E-state index contributed by atoms with van der Waals surface area (Å²) in [6, 6.07) is 12.4. The van der Waals surface area contributed by atoms with Crippen LogP contribution in [0.4, 0.5) is 4.39 Å². The van der Waals surface area contributed by atoms with Crippen molar-refractivity contribution in [1.29, 1.82) is 0 Å². The summed E-state index contributed by atoms with van der Waals surface area (Å²) in [5.74, 6) is -1.79. The molecule has 0 N–H and O–H groups in total. The third-order valence-electron chi connectivity index (χ3n) is 5.45. The molecule has 27 heavy (non-hydrogen) atoms. The summed E-state index contributed by atoms with van der Waals surface area (Å²) in [6.07, 6.45) is 2.91. The smallest absolute Gasteiger partial charge is 0.318 e. The van der Waals surface area contributed by atoms with Gasteiger partial charge in [0.25, 0.3) is 11.8 Å². The molecular formula is C21H18FNO4. The highest BCUT2D eigenvalue weighted by Gasteiger charge is 2.45. The van der Waals surface area contributed by atoms with Crippen molar-refractivity contribution in [2.45, 2.75) is 31.1 Å². The van der Waals surface area contributed by atoms with Gasteiger partial charge in [-0.2, -0.15) is 0 Å². The third kappa shape index (κ3) is 2.81. The van der Waals surface area contributed by atoms with Crippen molar-refractivity contribution in [3.8, 4) is 0 Å². The highest BCUT2D eigenvalue weighted by atomic mass is 19.1. The van der Waals surface area contributed by atoms with Gasteiger partial charge in [-0.1, -0.05) is 37.1 Å². The minimum Gasteiger partial charge on any atom is -0.443 e. The van der Waals surface area contributed by atoms with Gasteiger partial charge in [-0.3, -0.25) is 14.4 Å². The van der Waals surface area contributed by atoms with E-state index in [9.17, 15) is 18.8 Å². The maximum Gasteiger partial charge on any atom is 0.318 e. The Kier molecular flexibility index (Phi) is 4.26. The maximum absolute atomic E-state index is 13.3. The summed E-state index contributed by atoms with van der Waals surface area (Å²) in [5.41, 5.74) is 0.473. The molecule has 0 aromatic heterocycles. The maximum atomic E-state index is 13.3. The first-order chi connectivity index (χ1) is 13.0. The van der Waals surface area contributed by atoms with Crippen LogP contribution in [0.15, 0.2) is 48.5 Å². The molecule has 2 aromatic rings. The van der Waals surface area contributed by atoms with Gasteiger partial charge < -0.3 is 4.74 Å². The monoisotopic (exact) mass is 367 g/mol. The summed E-state index contributed by atoms with van der Waals surface area (Å²) >= 11 is 0. The zero-order chi connectivity index (χ0) is 19.0. The number of carbonyl (C=O) groups excluding carboxylic acids is 3. The van der Waals surface area contributed by atoms with Crippen LogP contribution in [-0.2, 0) is 14.9 Å². The van der Waals surface area contributed by atoms with E-state index < -0.39 is 29.9 Å². The Morgan fingerprint density at radius 3 is 2.07 bits per heavy atom. The van der Waals surface area contributed by atoms with E-state index >= 15 is 0 Å². The van der Waals surface area contributed by atoms with Gasteiger partial charge >= 0.3 is 5.97 Å². The predicted octanol–water partition coefficient (Wildman–Crippen LogP) is 3.43. The highest BCUT2D eigenvalue weighted by Crippen LogP contribution is 2.42. The lowest BCUT2D eigenvalue weighted by Crippen LogP contribution is -2.39. The van der Waals surface area contributed by atoms with Gasteiger partial charge in [-0.05, 0) is 42.7 Å². The number of benzene rings is 2. The van der Waals surface area contributed by atoms with Crippen molar-refractivity contribution in [2.24, 2.45) is 0 Å². The SMILES string of the molecule is O=C1c2ccccc2C(=O)N1COC(=O)C1(c2ccc(F)cc2)CCCC1. The number of esters is 1. The molecule has 1 aliphatic heterocycles. The molecule has 2 aromatic carbocycles. The first-order valence-corrected chi connectivity index (χ1v) is 8.91. The molecule has 0 saturated heterocycles. The minimum atomic E-state index is -0.855. The summed E-state index contributed by atoms with van der Waals surface area (Å²) in [7, 11) is 0. The second-order valence-electron chi connectivity index (χ2n) is 6.94. The van der Waals surface area contributed by atoms with Crippen molar-refractivity contribution in [2.75, 3.05) is 6.73 Å². The predicted molar refractivity (Wildman–Crippen MR) is 94.4 cm³/mol. The molecule has 4 rings (SSSR count). The van der Waals surface area contributed by atoms with Crippen molar-refractivity contribution < 1.29 is 23.5 Å². The van der Waals surface area contributed by atoms with E-state index in [1.165, 1.54) is 12.1 Å². The van der Waals surface area contributed by atoms with E-state index in [2.05, 4.69) is 0 Å². The molecule has 2 amide bonds. The molecule has 2 aliphatic rings. The Morgan fingerprint density at radius 1 is 0.963 bits per heavy atom. The lowest BCUT2D eigenvalue weighted by molar-refractivity contribution is -0.153. The quantitative estimate of drug-likeness (QED) is 0.613. The Balaban J connectivity index is 1.53. The molecule has 0 atom stereocenters. The zero-order valence-electron chi connectivity index (χ0n) is 14.6. The van der Waals surface area contributed by atoms with E-state index in [0.717, 1.165) is 17.7 Å². The molecular weight excluding hydrogens is 349 g/mol. The average molecular weight is 367 g/mol. The Hall–Kier alpha value is -3.02. The number of hydrogen-bond acceptors (Lipinski definition) is 4. The molecule has 1 fully saturated rings. The topological polar surface area (TPSA) is 63.7 Å². The van der Waals surface area contributed by atoms with E-state index in [1.807, 2.05) is 0 Å². The van der Waals surface area contributed by atoms with Crippen LogP contribution in [0, 0.1) is 5.82 Å². The van der Waals surface area contributed by atoms with Gasteiger partial charge in [0.1, 0.15) is 5.82 Å². The first kappa shape index (κ1) is 17.4. The fourth-order valence-electron chi connectivity index (χ4n) is 3.98.